The van der Waals surface area contributed by atoms with Crippen LogP contribution >= 0.6 is 0 Å². The van der Waals surface area contributed by atoms with Crippen molar-refractivity contribution in [1.82, 2.24) is 5.32 Å². The first kappa shape index (κ1) is 16.1. The smallest absolute Gasteiger partial charge is 0.259 e. The second-order valence-corrected chi connectivity index (χ2v) is 4.62. The molecule has 1 amide bonds. The Hall–Kier alpha value is -1.99. The minimum Gasteiger partial charge on any atom is -0.484 e. The van der Waals surface area contributed by atoms with Crippen LogP contribution in [0.15, 0.2) is 24.3 Å². The molecule has 1 aromatic carbocycles. The molecular formula is C16H22N2O2. The lowest BCUT2D eigenvalue weighted by Gasteiger charge is -2.26. The van der Waals surface area contributed by atoms with E-state index in [9.17, 15) is 4.79 Å². The van der Waals surface area contributed by atoms with Gasteiger partial charge in [0, 0.05) is 6.54 Å². The fraction of sp³-hybridized carbons (Fsp3) is 0.438. The number of benzene rings is 1. The summed E-state index contributed by atoms with van der Waals surface area (Å²) < 4.78 is 5.45. The summed E-state index contributed by atoms with van der Waals surface area (Å²) in [6, 6.07) is 7.37. The van der Waals surface area contributed by atoms with Crippen molar-refractivity contribution < 1.29 is 9.53 Å². The van der Waals surface area contributed by atoms with Crippen LogP contribution in [0.1, 0.15) is 32.3 Å². The summed E-state index contributed by atoms with van der Waals surface area (Å²) in [5, 5.41) is 2.85. The normalized spacial score (nSPS) is 10.7. The van der Waals surface area contributed by atoms with E-state index in [1.165, 1.54) is 0 Å². The number of hydrogen-bond acceptors (Lipinski definition) is 3. The van der Waals surface area contributed by atoms with Crippen LogP contribution in [0.2, 0.25) is 0 Å². The maximum Gasteiger partial charge on any atom is 0.259 e. The van der Waals surface area contributed by atoms with E-state index in [1.54, 1.807) is 6.07 Å². The van der Waals surface area contributed by atoms with Gasteiger partial charge in [-0.25, -0.2) is 0 Å². The summed E-state index contributed by atoms with van der Waals surface area (Å²) in [7, 11) is 0. The van der Waals surface area contributed by atoms with Crippen molar-refractivity contribution in [3.05, 3.63) is 29.8 Å². The molecule has 108 valence electrons. The predicted molar refractivity (Wildman–Crippen MR) is 80.1 cm³/mol. The van der Waals surface area contributed by atoms with Gasteiger partial charge in [0.05, 0.1) is 0 Å². The molecule has 0 fully saturated rings. The molecule has 0 aliphatic carbocycles. The number of ether oxygens (including phenoxy) is 1. The Kier molecular flexibility index (Phi) is 6.08. The van der Waals surface area contributed by atoms with Crippen LogP contribution in [0, 0.1) is 12.3 Å². The molecule has 20 heavy (non-hydrogen) atoms. The van der Waals surface area contributed by atoms with Gasteiger partial charge in [-0.1, -0.05) is 31.9 Å². The number of hydrogen-bond donors (Lipinski definition) is 2. The number of carbonyl (C=O) groups excluding carboxylic acids is 1. The number of rotatable bonds is 7. The van der Waals surface area contributed by atoms with Crippen LogP contribution in [0.25, 0.3) is 0 Å². The third-order valence-electron chi connectivity index (χ3n) is 3.37. The Labute approximate surface area is 120 Å². The first-order valence-corrected chi connectivity index (χ1v) is 6.79. The van der Waals surface area contributed by atoms with Crippen LogP contribution in [-0.2, 0) is 11.3 Å². The molecule has 0 spiro atoms. The van der Waals surface area contributed by atoms with E-state index in [0.29, 0.717) is 25.1 Å². The molecule has 0 bridgehead atoms. The first-order chi connectivity index (χ1) is 9.59. The molecule has 4 heteroatoms. The monoisotopic (exact) mass is 274 g/mol. The van der Waals surface area contributed by atoms with E-state index in [0.717, 1.165) is 5.56 Å². The third kappa shape index (κ3) is 4.29. The Bertz CT molecular complexity index is 487. The van der Waals surface area contributed by atoms with E-state index in [1.807, 2.05) is 32.0 Å². The number of terminal acetylenes is 1. The zero-order chi connectivity index (χ0) is 15.0. The summed E-state index contributed by atoms with van der Waals surface area (Å²) in [5.41, 5.74) is 5.93. The summed E-state index contributed by atoms with van der Waals surface area (Å²) in [6.45, 7) is 4.29. The third-order valence-corrected chi connectivity index (χ3v) is 3.37. The topological polar surface area (TPSA) is 64.3 Å². The van der Waals surface area contributed by atoms with Crippen molar-refractivity contribution in [2.75, 3.05) is 6.61 Å². The standard InChI is InChI=1S/C16H22N2O2/c1-4-16(5-2,6-3)18-15(19)12-20-14-9-7-8-13(10-14)11-17/h1,7-10H,5-6,11-12,17H2,2-3H3,(H,18,19). The number of carbonyl (C=O) groups is 1. The molecule has 3 N–H and O–H groups in total. The van der Waals surface area contributed by atoms with Gasteiger partial charge in [-0.05, 0) is 30.5 Å². The van der Waals surface area contributed by atoms with Crippen LogP contribution in [0.5, 0.6) is 5.75 Å². The van der Waals surface area contributed by atoms with E-state index in [4.69, 9.17) is 16.9 Å². The highest BCUT2D eigenvalue weighted by Gasteiger charge is 2.25. The van der Waals surface area contributed by atoms with Crippen LogP contribution < -0.4 is 15.8 Å². The number of nitrogens with one attached hydrogen (secondary N) is 1. The molecule has 1 aromatic rings. The zero-order valence-corrected chi connectivity index (χ0v) is 12.1. The van der Waals surface area contributed by atoms with Gasteiger partial charge in [-0.2, -0.15) is 0 Å². The molecule has 0 aliphatic heterocycles. The fourth-order valence-corrected chi connectivity index (χ4v) is 1.88. The molecule has 0 atom stereocenters. The maximum atomic E-state index is 11.9. The summed E-state index contributed by atoms with van der Waals surface area (Å²) in [6.07, 6.45) is 6.88. The largest absolute Gasteiger partial charge is 0.484 e. The second kappa shape index (κ2) is 7.56. The summed E-state index contributed by atoms with van der Waals surface area (Å²) >= 11 is 0. The second-order valence-electron chi connectivity index (χ2n) is 4.62. The molecule has 0 saturated heterocycles. The fourth-order valence-electron chi connectivity index (χ4n) is 1.88. The Morgan fingerprint density at radius 3 is 2.70 bits per heavy atom. The maximum absolute atomic E-state index is 11.9. The Morgan fingerprint density at radius 1 is 1.45 bits per heavy atom. The molecule has 4 nitrogen and oxygen atoms in total. The quantitative estimate of drug-likeness (QED) is 0.746. The van der Waals surface area contributed by atoms with Crippen LogP contribution in [0.4, 0.5) is 0 Å². The summed E-state index contributed by atoms with van der Waals surface area (Å²) in [5.74, 6) is 3.07. The molecule has 0 unspecified atom stereocenters. The molecule has 0 aromatic heterocycles. The van der Waals surface area contributed by atoms with Crippen molar-refractivity contribution in [2.24, 2.45) is 5.73 Å². The molecule has 1 rings (SSSR count). The average Bonchev–Trinajstić information content (AvgIpc) is 2.51. The SMILES string of the molecule is C#CC(CC)(CC)NC(=O)COc1cccc(CN)c1. The zero-order valence-electron chi connectivity index (χ0n) is 12.1. The highest BCUT2D eigenvalue weighted by atomic mass is 16.5. The van der Waals surface area contributed by atoms with Crippen molar-refractivity contribution in [3.8, 4) is 18.1 Å². The number of amides is 1. The lowest BCUT2D eigenvalue weighted by molar-refractivity contribution is -0.124. The molecule has 0 heterocycles. The van der Waals surface area contributed by atoms with Gasteiger partial charge in [0.2, 0.25) is 0 Å². The average molecular weight is 274 g/mol. The molecular weight excluding hydrogens is 252 g/mol. The van der Waals surface area contributed by atoms with Crippen LogP contribution in [-0.4, -0.2) is 18.1 Å². The van der Waals surface area contributed by atoms with Crippen molar-refractivity contribution in [1.29, 1.82) is 0 Å². The lowest BCUT2D eigenvalue weighted by atomic mass is 9.94. The highest BCUT2D eigenvalue weighted by molar-refractivity contribution is 5.79. The van der Waals surface area contributed by atoms with Gasteiger partial charge in [-0.3, -0.25) is 4.79 Å². The van der Waals surface area contributed by atoms with Crippen molar-refractivity contribution >= 4 is 5.91 Å². The van der Waals surface area contributed by atoms with Gasteiger partial charge in [0.1, 0.15) is 11.3 Å². The van der Waals surface area contributed by atoms with Crippen molar-refractivity contribution in [2.45, 2.75) is 38.8 Å². The first-order valence-electron chi connectivity index (χ1n) is 6.79. The van der Waals surface area contributed by atoms with Gasteiger partial charge < -0.3 is 15.8 Å². The highest BCUT2D eigenvalue weighted by Crippen LogP contribution is 2.15. The van der Waals surface area contributed by atoms with Crippen LogP contribution in [0.3, 0.4) is 0 Å². The number of nitrogens with two attached hydrogens (primary N) is 1. The molecule has 0 saturated carbocycles. The molecule has 0 aliphatic rings. The predicted octanol–water partition coefficient (Wildman–Crippen LogP) is 1.83. The minimum absolute atomic E-state index is 0.0581. The summed E-state index contributed by atoms with van der Waals surface area (Å²) in [4.78, 5) is 11.9. The van der Waals surface area contributed by atoms with E-state index < -0.39 is 5.54 Å². The van der Waals surface area contributed by atoms with E-state index in [-0.39, 0.29) is 12.5 Å². The Morgan fingerprint density at radius 2 is 2.15 bits per heavy atom. The van der Waals surface area contributed by atoms with E-state index >= 15 is 0 Å². The molecule has 0 radical (unpaired) electrons. The van der Waals surface area contributed by atoms with Crippen molar-refractivity contribution in [3.63, 3.8) is 0 Å². The van der Waals surface area contributed by atoms with E-state index in [2.05, 4.69) is 11.2 Å². The van der Waals surface area contributed by atoms with Gasteiger partial charge >= 0.3 is 0 Å². The lowest BCUT2D eigenvalue weighted by Crippen LogP contribution is -2.48. The van der Waals surface area contributed by atoms with Gasteiger partial charge in [0.25, 0.3) is 5.91 Å². The van der Waals surface area contributed by atoms with Gasteiger partial charge in [0.15, 0.2) is 6.61 Å². The minimum atomic E-state index is -0.584. The Balaban J connectivity index is 2.57. The van der Waals surface area contributed by atoms with Gasteiger partial charge in [-0.15, -0.1) is 6.42 Å².